The molecule has 0 bridgehead atoms. The second-order valence-electron chi connectivity index (χ2n) is 4.30. The summed E-state index contributed by atoms with van der Waals surface area (Å²) in [6.45, 7) is 0.404. The Bertz CT molecular complexity index is 543. The predicted molar refractivity (Wildman–Crippen MR) is 72.0 cm³/mol. The van der Waals surface area contributed by atoms with Crippen LogP contribution in [0.3, 0.4) is 0 Å². The Labute approximate surface area is 110 Å². The van der Waals surface area contributed by atoms with Gasteiger partial charge in [0.05, 0.1) is 30.3 Å². The fraction of sp³-hybridized carbons (Fsp3) is 0.364. The summed E-state index contributed by atoms with van der Waals surface area (Å²) < 4.78 is 1.93. The van der Waals surface area contributed by atoms with Crippen LogP contribution in [0.25, 0.3) is 0 Å². The predicted octanol–water partition coefficient (Wildman–Crippen LogP) is 0.531. The molecule has 2 aromatic rings. The van der Waals surface area contributed by atoms with Gasteiger partial charge in [0.15, 0.2) is 0 Å². The molecule has 0 aromatic carbocycles. The zero-order valence-electron chi connectivity index (χ0n) is 11.1. The van der Waals surface area contributed by atoms with Crippen LogP contribution < -0.4 is 15.5 Å². The van der Waals surface area contributed by atoms with Gasteiger partial charge in [0, 0.05) is 27.3 Å². The Morgan fingerprint density at radius 1 is 1.47 bits per heavy atom. The van der Waals surface area contributed by atoms with Crippen LogP contribution >= 0.6 is 0 Å². The molecule has 0 unspecified atom stereocenters. The zero-order chi connectivity index (χ0) is 13.8. The molecule has 3 N–H and O–H groups in total. The van der Waals surface area contributed by atoms with E-state index in [1.165, 1.54) is 6.20 Å². The molecule has 0 radical (unpaired) electrons. The molecule has 0 aliphatic rings. The molecule has 2 aromatic heterocycles. The van der Waals surface area contributed by atoms with Crippen molar-refractivity contribution in [3.8, 4) is 0 Å². The first-order valence-corrected chi connectivity index (χ1v) is 5.79. The molecule has 19 heavy (non-hydrogen) atoms. The van der Waals surface area contributed by atoms with Gasteiger partial charge in [-0.3, -0.25) is 5.10 Å². The van der Waals surface area contributed by atoms with Gasteiger partial charge in [-0.2, -0.15) is 5.10 Å². The summed E-state index contributed by atoms with van der Waals surface area (Å²) in [4.78, 5) is 17.8. The van der Waals surface area contributed by atoms with Gasteiger partial charge in [-0.15, -0.1) is 0 Å². The maximum absolute atomic E-state index is 11.6. The number of H-pyrrole nitrogens is 1. The van der Waals surface area contributed by atoms with Gasteiger partial charge >= 0.3 is 6.03 Å². The Kier molecular flexibility index (Phi) is 3.69. The highest BCUT2D eigenvalue weighted by molar-refractivity contribution is 5.88. The van der Waals surface area contributed by atoms with Crippen molar-refractivity contribution in [3.63, 3.8) is 0 Å². The van der Waals surface area contributed by atoms with Crippen LogP contribution in [0, 0.1) is 0 Å². The number of carbonyl (C=O) groups is 1. The lowest BCUT2D eigenvalue weighted by atomic mass is 10.4. The quantitative estimate of drug-likeness (QED) is 0.750. The number of anilines is 2. The third kappa shape index (κ3) is 3.03. The van der Waals surface area contributed by atoms with Crippen molar-refractivity contribution in [2.24, 2.45) is 7.05 Å². The fourth-order valence-electron chi connectivity index (χ4n) is 1.68. The number of urea groups is 1. The number of rotatable bonds is 4. The van der Waals surface area contributed by atoms with Crippen molar-refractivity contribution in [2.75, 3.05) is 24.3 Å². The van der Waals surface area contributed by atoms with Crippen LogP contribution in [-0.2, 0) is 13.6 Å². The summed E-state index contributed by atoms with van der Waals surface area (Å²) in [5, 5.41) is 11.8. The highest BCUT2D eigenvalue weighted by Crippen LogP contribution is 2.10. The number of aromatic amines is 1. The van der Waals surface area contributed by atoms with E-state index in [1.54, 1.807) is 12.4 Å². The van der Waals surface area contributed by atoms with E-state index in [1.807, 2.05) is 30.6 Å². The van der Waals surface area contributed by atoms with E-state index < -0.39 is 0 Å². The smallest absolute Gasteiger partial charge is 0.319 e. The molecule has 8 heteroatoms. The van der Waals surface area contributed by atoms with Crippen molar-refractivity contribution >= 4 is 17.7 Å². The molecular weight excluding hydrogens is 246 g/mol. The Balaban J connectivity index is 1.90. The molecular formula is C11H17N7O. The first kappa shape index (κ1) is 12.9. The van der Waals surface area contributed by atoms with Crippen molar-refractivity contribution in [1.82, 2.24) is 25.1 Å². The second kappa shape index (κ2) is 5.42. The number of aromatic nitrogens is 4. The van der Waals surface area contributed by atoms with Gasteiger partial charge < -0.3 is 20.1 Å². The lowest BCUT2D eigenvalue weighted by molar-refractivity contribution is 0.251. The third-order valence-electron chi connectivity index (χ3n) is 2.65. The highest BCUT2D eigenvalue weighted by atomic mass is 16.2. The van der Waals surface area contributed by atoms with Gasteiger partial charge in [0.1, 0.15) is 0 Å². The van der Waals surface area contributed by atoms with E-state index in [0.29, 0.717) is 12.2 Å². The third-order valence-corrected chi connectivity index (χ3v) is 2.65. The lowest BCUT2D eigenvalue weighted by Crippen LogP contribution is -2.29. The van der Waals surface area contributed by atoms with Crippen LogP contribution in [0.15, 0.2) is 18.6 Å². The largest absolute Gasteiger partial charge is 0.348 e. The van der Waals surface area contributed by atoms with Gasteiger partial charge in [-0.25, -0.2) is 9.78 Å². The van der Waals surface area contributed by atoms with Crippen molar-refractivity contribution in [2.45, 2.75) is 6.54 Å². The van der Waals surface area contributed by atoms with Crippen LogP contribution in [0.1, 0.15) is 5.69 Å². The van der Waals surface area contributed by atoms with Gasteiger partial charge in [0.25, 0.3) is 0 Å². The Hall–Kier alpha value is -2.51. The molecule has 2 amide bonds. The molecule has 102 valence electrons. The maximum Gasteiger partial charge on any atom is 0.319 e. The number of nitrogens with one attached hydrogen (secondary N) is 3. The molecule has 2 heterocycles. The SMILES string of the molecule is CN(C)c1ncc(CNC(=O)Nc2cn[nH]c2)n1C. The van der Waals surface area contributed by atoms with Crippen LogP contribution in [0.4, 0.5) is 16.4 Å². The summed E-state index contributed by atoms with van der Waals surface area (Å²) in [6.07, 6.45) is 4.88. The summed E-state index contributed by atoms with van der Waals surface area (Å²) in [6, 6.07) is -0.283. The number of hydrogen-bond acceptors (Lipinski definition) is 4. The lowest BCUT2D eigenvalue weighted by Gasteiger charge is -2.13. The number of hydrogen-bond donors (Lipinski definition) is 3. The second-order valence-corrected chi connectivity index (χ2v) is 4.30. The maximum atomic E-state index is 11.6. The number of nitrogens with zero attached hydrogens (tertiary/aromatic N) is 4. The summed E-state index contributed by atoms with van der Waals surface area (Å²) in [5.74, 6) is 0.840. The standard InChI is InChI=1S/C11H17N7O/c1-17(2)11-13-7-9(18(11)3)6-12-10(19)16-8-4-14-15-5-8/h4-5,7H,6H2,1-3H3,(H,14,15)(H2,12,16,19). The van der Waals surface area contributed by atoms with Crippen LogP contribution in [-0.4, -0.2) is 39.9 Å². The highest BCUT2D eigenvalue weighted by Gasteiger charge is 2.09. The van der Waals surface area contributed by atoms with Gasteiger partial charge in [-0.1, -0.05) is 0 Å². The van der Waals surface area contributed by atoms with Gasteiger partial charge in [0.2, 0.25) is 5.95 Å². The molecule has 0 spiro atoms. The molecule has 0 saturated heterocycles. The number of imidazole rings is 1. The first-order chi connectivity index (χ1) is 9.08. The van der Waals surface area contributed by atoms with E-state index in [4.69, 9.17) is 0 Å². The molecule has 0 saturated carbocycles. The summed E-state index contributed by atoms with van der Waals surface area (Å²) in [5.41, 5.74) is 1.54. The minimum Gasteiger partial charge on any atom is -0.348 e. The molecule has 2 rings (SSSR count). The van der Waals surface area contributed by atoms with Crippen molar-refractivity contribution < 1.29 is 4.79 Å². The monoisotopic (exact) mass is 263 g/mol. The minimum atomic E-state index is -0.283. The minimum absolute atomic E-state index is 0.283. The van der Waals surface area contributed by atoms with Gasteiger partial charge in [-0.05, 0) is 0 Å². The Morgan fingerprint density at radius 2 is 2.26 bits per heavy atom. The van der Waals surface area contributed by atoms with Crippen molar-refractivity contribution in [3.05, 3.63) is 24.3 Å². The van der Waals surface area contributed by atoms with E-state index >= 15 is 0 Å². The average Bonchev–Trinajstić information content (AvgIpc) is 2.96. The number of amides is 2. The van der Waals surface area contributed by atoms with E-state index in [2.05, 4.69) is 25.8 Å². The van der Waals surface area contributed by atoms with Crippen LogP contribution in [0.5, 0.6) is 0 Å². The average molecular weight is 263 g/mol. The summed E-state index contributed by atoms with van der Waals surface area (Å²) in [7, 11) is 5.75. The Morgan fingerprint density at radius 3 is 2.84 bits per heavy atom. The van der Waals surface area contributed by atoms with Crippen LogP contribution in [0.2, 0.25) is 0 Å². The molecule has 0 aliphatic carbocycles. The van der Waals surface area contributed by atoms with Crippen molar-refractivity contribution in [1.29, 1.82) is 0 Å². The van der Waals surface area contributed by atoms with E-state index in [0.717, 1.165) is 11.6 Å². The summed E-state index contributed by atoms with van der Waals surface area (Å²) >= 11 is 0. The topological polar surface area (TPSA) is 90.9 Å². The molecule has 0 atom stereocenters. The molecule has 0 fully saturated rings. The van der Waals surface area contributed by atoms with E-state index in [9.17, 15) is 4.79 Å². The zero-order valence-corrected chi connectivity index (χ0v) is 11.1. The molecule has 0 aliphatic heterocycles. The van der Waals surface area contributed by atoms with E-state index in [-0.39, 0.29) is 6.03 Å². The fourth-order valence-corrected chi connectivity index (χ4v) is 1.68. The first-order valence-electron chi connectivity index (χ1n) is 5.79. The molecule has 8 nitrogen and oxygen atoms in total. The normalized spacial score (nSPS) is 10.3. The number of carbonyl (C=O) groups excluding carboxylic acids is 1.